The van der Waals surface area contributed by atoms with Crippen LogP contribution >= 0.6 is 0 Å². The number of esters is 2. The molecule has 0 radical (unpaired) electrons. The molecule has 0 fully saturated rings. The predicted molar refractivity (Wildman–Crippen MR) is 166 cm³/mol. The van der Waals surface area contributed by atoms with Crippen molar-refractivity contribution in [3.8, 4) is 0 Å². The normalized spacial score (nSPS) is 11.6. The highest BCUT2D eigenvalue weighted by atomic mass is 16.5. The van der Waals surface area contributed by atoms with Crippen molar-refractivity contribution in [1.29, 1.82) is 0 Å². The molecule has 0 saturated carbocycles. The number of unbranched alkanes of at least 4 members (excludes halogenated alkanes) is 2. The average molecular weight is 571 g/mol. The third-order valence-electron chi connectivity index (χ3n) is 7.19. The minimum Gasteiger partial charge on any atom is -0.481 e. The molecule has 0 aromatic heterocycles. The number of aliphatic carboxylic acids is 1. The number of carboxylic acids is 1. The molecule has 3 aromatic rings. The second-order valence-electron chi connectivity index (χ2n) is 11.0. The highest BCUT2D eigenvalue weighted by molar-refractivity contribution is 5.92. The summed E-state index contributed by atoms with van der Waals surface area (Å²) in [4.78, 5) is 35.0. The molecule has 222 valence electrons. The molecule has 1 unspecified atom stereocenters. The minimum atomic E-state index is -1.16. The van der Waals surface area contributed by atoms with Gasteiger partial charge >= 0.3 is 17.9 Å². The molecule has 6 nitrogen and oxygen atoms in total. The van der Waals surface area contributed by atoms with Crippen LogP contribution in [0.3, 0.4) is 0 Å². The number of hydrogen-bond donors (Lipinski definition) is 1. The zero-order chi connectivity index (χ0) is 30.5. The van der Waals surface area contributed by atoms with Crippen LogP contribution in [0, 0.1) is 5.92 Å². The molecule has 0 heterocycles. The highest BCUT2D eigenvalue weighted by Gasteiger charge is 2.19. The van der Waals surface area contributed by atoms with Gasteiger partial charge in [0.1, 0.15) is 0 Å². The van der Waals surface area contributed by atoms with Gasteiger partial charge in [-0.2, -0.15) is 0 Å². The number of rotatable bonds is 17. The van der Waals surface area contributed by atoms with E-state index in [0.717, 1.165) is 35.6 Å². The van der Waals surface area contributed by atoms with Gasteiger partial charge in [0.25, 0.3) is 0 Å². The number of carboxylic acid groups (broad SMARTS) is 1. The lowest BCUT2D eigenvalue weighted by Gasteiger charge is -2.18. The summed E-state index contributed by atoms with van der Waals surface area (Å²) in [5, 5.41) is 11.1. The Balaban J connectivity index is 1.62. The van der Waals surface area contributed by atoms with E-state index in [4.69, 9.17) is 14.6 Å². The van der Waals surface area contributed by atoms with Gasteiger partial charge in [0.15, 0.2) is 0 Å². The summed E-state index contributed by atoms with van der Waals surface area (Å²) in [5.41, 5.74) is 5.18. The first-order chi connectivity index (χ1) is 20.1. The first kappa shape index (κ1) is 32.3. The Morgan fingerprint density at radius 2 is 1.26 bits per heavy atom. The molecule has 0 saturated heterocycles. The van der Waals surface area contributed by atoms with Crippen molar-refractivity contribution in [2.24, 2.45) is 5.92 Å². The van der Waals surface area contributed by atoms with Crippen molar-refractivity contribution >= 4 is 28.7 Å². The maximum Gasteiger partial charge on any atom is 0.334 e. The van der Waals surface area contributed by atoms with E-state index in [2.05, 4.69) is 74.7 Å². The molecular weight excluding hydrogens is 528 g/mol. The molecule has 0 aliphatic carbocycles. The van der Waals surface area contributed by atoms with E-state index in [0.29, 0.717) is 6.42 Å². The molecule has 6 heteroatoms. The Bertz CT molecular complexity index is 1400. The van der Waals surface area contributed by atoms with E-state index < -0.39 is 24.3 Å². The van der Waals surface area contributed by atoms with Gasteiger partial charge in [0, 0.05) is 17.1 Å². The van der Waals surface area contributed by atoms with Crippen molar-refractivity contribution in [3.05, 3.63) is 107 Å². The number of hydrogen-bond acceptors (Lipinski definition) is 5. The SMILES string of the molecule is C=C(C)C(=O)OCC(COC(=O)C(=C)CC(=O)O)Cc1ccc2cc(CCc3ccc(CCCCC)cc3)ccc2c1. The summed E-state index contributed by atoms with van der Waals surface area (Å²) in [5.74, 6) is -2.78. The van der Waals surface area contributed by atoms with E-state index in [-0.39, 0.29) is 30.3 Å². The lowest BCUT2D eigenvalue weighted by atomic mass is 9.96. The van der Waals surface area contributed by atoms with Gasteiger partial charge in [0.2, 0.25) is 0 Å². The van der Waals surface area contributed by atoms with Crippen molar-refractivity contribution in [2.75, 3.05) is 13.2 Å². The third-order valence-corrected chi connectivity index (χ3v) is 7.19. The number of carbonyl (C=O) groups excluding carboxylic acids is 2. The van der Waals surface area contributed by atoms with Crippen LogP contribution in [0.4, 0.5) is 0 Å². The van der Waals surface area contributed by atoms with Crippen molar-refractivity contribution in [3.63, 3.8) is 0 Å². The fraction of sp³-hybridized carbons (Fsp3) is 0.361. The number of benzene rings is 3. The molecule has 0 bridgehead atoms. The molecule has 1 N–H and O–H groups in total. The summed E-state index contributed by atoms with van der Waals surface area (Å²) in [6.45, 7) is 10.9. The van der Waals surface area contributed by atoms with Crippen LogP contribution in [0.15, 0.2) is 85.0 Å². The molecule has 0 aliphatic rings. The highest BCUT2D eigenvalue weighted by Crippen LogP contribution is 2.22. The van der Waals surface area contributed by atoms with Crippen molar-refractivity contribution in [1.82, 2.24) is 0 Å². The van der Waals surface area contributed by atoms with Gasteiger partial charge in [-0.15, -0.1) is 0 Å². The molecule has 3 aromatic carbocycles. The van der Waals surface area contributed by atoms with Crippen molar-refractivity contribution < 1.29 is 29.0 Å². The number of fused-ring (bicyclic) bond motifs is 1. The zero-order valence-electron chi connectivity index (χ0n) is 24.8. The van der Waals surface area contributed by atoms with Crippen LogP contribution in [0.2, 0.25) is 0 Å². The van der Waals surface area contributed by atoms with Gasteiger partial charge in [-0.1, -0.05) is 93.6 Å². The summed E-state index contributed by atoms with van der Waals surface area (Å²) >= 11 is 0. The van der Waals surface area contributed by atoms with Crippen LogP contribution < -0.4 is 0 Å². The topological polar surface area (TPSA) is 89.9 Å². The largest absolute Gasteiger partial charge is 0.481 e. The monoisotopic (exact) mass is 570 g/mol. The van der Waals surface area contributed by atoms with Crippen LogP contribution in [0.5, 0.6) is 0 Å². The second kappa shape index (κ2) is 16.3. The second-order valence-corrected chi connectivity index (χ2v) is 11.0. The Morgan fingerprint density at radius 1 is 0.738 bits per heavy atom. The number of carbonyl (C=O) groups is 3. The summed E-state index contributed by atoms with van der Waals surface area (Å²) in [6, 6.07) is 21.7. The molecular formula is C36H42O6. The van der Waals surface area contributed by atoms with Gasteiger partial charge in [-0.25, -0.2) is 9.59 Å². The van der Waals surface area contributed by atoms with E-state index in [9.17, 15) is 14.4 Å². The predicted octanol–water partition coefficient (Wildman–Crippen LogP) is 7.21. The molecule has 0 aliphatic heterocycles. The Hall–Kier alpha value is -4.19. The summed E-state index contributed by atoms with van der Waals surface area (Å²) in [6.07, 6.45) is 6.86. The van der Waals surface area contributed by atoms with Crippen LogP contribution in [-0.2, 0) is 49.5 Å². The van der Waals surface area contributed by atoms with E-state index in [1.807, 2.05) is 6.07 Å². The van der Waals surface area contributed by atoms with Crippen LogP contribution in [0.1, 0.15) is 61.8 Å². The molecule has 0 spiro atoms. The third kappa shape index (κ3) is 10.7. The van der Waals surface area contributed by atoms with E-state index >= 15 is 0 Å². The first-order valence-corrected chi connectivity index (χ1v) is 14.6. The smallest absolute Gasteiger partial charge is 0.334 e. The van der Waals surface area contributed by atoms with Gasteiger partial charge in [-0.05, 0) is 72.1 Å². The fourth-order valence-electron chi connectivity index (χ4n) is 4.73. The number of aryl methyl sites for hydroxylation is 3. The lowest BCUT2D eigenvalue weighted by molar-refractivity contribution is -0.146. The van der Waals surface area contributed by atoms with Gasteiger partial charge in [0.05, 0.1) is 19.6 Å². The fourth-order valence-corrected chi connectivity index (χ4v) is 4.73. The maximum absolute atomic E-state index is 12.2. The van der Waals surface area contributed by atoms with Crippen LogP contribution in [0.25, 0.3) is 10.8 Å². The van der Waals surface area contributed by atoms with Gasteiger partial charge < -0.3 is 14.6 Å². The average Bonchev–Trinajstić information content (AvgIpc) is 2.97. The van der Waals surface area contributed by atoms with Crippen molar-refractivity contribution in [2.45, 2.75) is 65.2 Å². The van der Waals surface area contributed by atoms with E-state index in [1.165, 1.54) is 36.0 Å². The molecule has 42 heavy (non-hydrogen) atoms. The molecule has 3 rings (SSSR count). The molecule has 0 amide bonds. The lowest BCUT2D eigenvalue weighted by Crippen LogP contribution is -2.24. The molecule has 1 atom stereocenters. The standard InChI is InChI=1S/C36H42O6/c1-5-6-7-8-27-9-11-28(12-10-27)13-14-29-15-17-33-22-30(16-18-32(33)21-29)20-31(23-41-35(39)25(2)3)24-42-36(40)26(4)19-34(37)38/h9-12,15-18,21-22,31H,2,4-8,13-14,19-20,23-24H2,1,3H3,(H,37,38). The Labute approximate surface area is 249 Å². The maximum atomic E-state index is 12.2. The Morgan fingerprint density at radius 3 is 1.86 bits per heavy atom. The zero-order valence-corrected chi connectivity index (χ0v) is 24.8. The minimum absolute atomic E-state index is 0.0288. The summed E-state index contributed by atoms with van der Waals surface area (Å²) in [7, 11) is 0. The quantitative estimate of drug-likeness (QED) is 0.105. The van der Waals surface area contributed by atoms with E-state index in [1.54, 1.807) is 6.92 Å². The van der Waals surface area contributed by atoms with Crippen LogP contribution in [-0.4, -0.2) is 36.2 Å². The number of ether oxygens (including phenoxy) is 2. The first-order valence-electron chi connectivity index (χ1n) is 14.6. The summed E-state index contributed by atoms with van der Waals surface area (Å²) < 4.78 is 10.7. The Kier molecular flexibility index (Phi) is 12.5. The van der Waals surface area contributed by atoms with Gasteiger partial charge in [-0.3, -0.25) is 4.79 Å².